The summed E-state index contributed by atoms with van der Waals surface area (Å²) in [5, 5.41) is 0.993. The Morgan fingerprint density at radius 2 is 1.96 bits per heavy atom. The number of para-hydroxylation sites is 2. The molecule has 0 aliphatic carbocycles. The molecule has 4 nitrogen and oxygen atoms in total. The number of nitrogen functional groups attached to an aromatic ring is 1. The molecule has 3 aromatic rings. The number of carbonyl (C=O) groups excluding carboxylic acids is 1. The quantitative estimate of drug-likeness (QED) is 0.740. The third-order valence-electron chi connectivity index (χ3n) is 4.33. The van der Waals surface area contributed by atoms with E-state index >= 15 is 0 Å². The van der Waals surface area contributed by atoms with Crippen LogP contribution in [0.3, 0.4) is 0 Å². The molecule has 114 valence electrons. The van der Waals surface area contributed by atoms with Gasteiger partial charge in [0, 0.05) is 17.6 Å². The van der Waals surface area contributed by atoms with Gasteiger partial charge in [0.05, 0.1) is 23.3 Å². The van der Waals surface area contributed by atoms with Crippen molar-refractivity contribution in [2.24, 2.45) is 0 Å². The second-order valence-electron chi connectivity index (χ2n) is 5.82. The fourth-order valence-corrected chi connectivity index (χ4v) is 3.16. The molecule has 23 heavy (non-hydrogen) atoms. The number of nitrogens with zero attached hydrogens (tertiary/aromatic N) is 2. The van der Waals surface area contributed by atoms with Crippen molar-refractivity contribution >= 4 is 28.2 Å². The highest BCUT2D eigenvalue weighted by Crippen LogP contribution is 2.28. The number of hydrogen-bond acceptors (Lipinski definition) is 3. The molecule has 0 unspecified atom stereocenters. The highest BCUT2D eigenvalue weighted by atomic mass is 16.2. The molecule has 1 amide bonds. The van der Waals surface area contributed by atoms with Crippen molar-refractivity contribution in [1.82, 2.24) is 4.98 Å². The third kappa shape index (κ3) is 2.42. The van der Waals surface area contributed by atoms with Gasteiger partial charge in [-0.2, -0.15) is 0 Å². The van der Waals surface area contributed by atoms with Crippen LogP contribution < -0.4 is 10.6 Å². The van der Waals surface area contributed by atoms with Crippen LogP contribution in [0.1, 0.15) is 11.3 Å². The first kappa shape index (κ1) is 13.8. The minimum Gasteiger partial charge on any atom is -0.397 e. The van der Waals surface area contributed by atoms with Crippen LogP contribution in [0.2, 0.25) is 0 Å². The summed E-state index contributed by atoms with van der Waals surface area (Å²) < 4.78 is 0. The second kappa shape index (κ2) is 5.39. The maximum absolute atomic E-state index is 12.7. The summed E-state index contributed by atoms with van der Waals surface area (Å²) in [6, 6.07) is 17.7. The Labute approximate surface area is 134 Å². The molecule has 0 radical (unpaired) electrons. The molecule has 0 bridgehead atoms. The standard InChI is InChI=1S/C19H17N3O/c20-16-6-3-5-14-8-9-15(21-19(14)16)12-18(23)22-11-10-13-4-1-2-7-17(13)22/h1-9H,10-12,20H2. The summed E-state index contributed by atoms with van der Waals surface area (Å²) in [6.07, 6.45) is 1.21. The van der Waals surface area contributed by atoms with E-state index in [1.165, 1.54) is 5.56 Å². The molecular formula is C19H17N3O. The number of aromatic nitrogens is 1. The molecule has 4 rings (SSSR count). The topological polar surface area (TPSA) is 59.2 Å². The zero-order valence-electron chi connectivity index (χ0n) is 12.7. The van der Waals surface area contributed by atoms with Gasteiger partial charge in [-0.3, -0.25) is 9.78 Å². The molecule has 0 spiro atoms. The molecule has 2 N–H and O–H groups in total. The number of anilines is 2. The van der Waals surface area contributed by atoms with Gasteiger partial charge in [-0.15, -0.1) is 0 Å². The van der Waals surface area contributed by atoms with Crippen molar-refractivity contribution in [2.45, 2.75) is 12.8 Å². The van der Waals surface area contributed by atoms with E-state index in [0.29, 0.717) is 12.1 Å². The average molecular weight is 303 g/mol. The number of hydrogen-bond donors (Lipinski definition) is 1. The second-order valence-corrected chi connectivity index (χ2v) is 5.82. The predicted octanol–water partition coefficient (Wildman–Crippen LogP) is 2.95. The van der Waals surface area contributed by atoms with Crippen LogP contribution in [0.25, 0.3) is 10.9 Å². The Balaban J connectivity index is 1.61. The van der Waals surface area contributed by atoms with Crippen LogP contribution in [0.5, 0.6) is 0 Å². The molecule has 1 aliphatic rings. The monoisotopic (exact) mass is 303 g/mol. The van der Waals surface area contributed by atoms with Crippen LogP contribution in [-0.2, 0) is 17.6 Å². The molecule has 0 saturated carbocycles. The normalized spacial score (nSPS) is 13.3. The Morgan fingerprint density at radius 1 is 1.09 bits per heavy atom. The molecule has 1 aromatic heterocycles. The first-order valence-corrected chi connectivity index (χ1v) is 7.75. The maximum Gasteiger partial charge on any atom is 0.233 e. The van der Waals surface area contributed by atoms with Crippen molar-refractivity contribution in [3.8, 4) is 0 Å². The summed E-state index contributed by atoms with van der Waals surface area (Å²) in [5.41, 5.74) is 10.4. The number of pyridine rings is 1. The van der Waals surface area contributed by atoms with E-state index in [1.54, 1.807) is 0 Å². The van der Waals surface area contributed by atoms with Crippen LogP contribution in [0.4, 0.5) is 11.4 Å². The van der Waals surface area contributed by atoms with E-state index in [4.69, 9.17) is 5.73 Å². The lowest BCUT2D eigenvalue weighted by Crippen LogP contribution is -2.30. The lowest BCUT2D eigenvalue weighted by Gasteiger charge is -2.17. The zero-order chi connectivity index (χ0) is 15.8. The summed E-state index contributed by atoms with van der Waals surface area (Å²) >= 11 is 0. The van der Waals surface area contributed by atoms with E-state index in [0.717, 1.165) is 35.2 Å². The van der Waals surface area contributed by atoms with E-state index in [9.17, 15) is 4.79 Å². The smallest absolute Gasteiger partial charge is 0.233 e. The number of benzene rings is 2. The molecule has 2 aromatic carbocycles. The molecule has 1 aliphatic heterocycles. The lowest BCUT2D eigenvalue weighted by atomic mass is 10.1. The lowest BCUT2D eigenvalue weighted by molar-refractivity contribution is -0.117. The predicted molar refractivity (Wildman–Crippen MR) is 92.4 cm³/mol. The number of nitrogens with two attached hydrogens (primary N) is 1. The van der Waals surface area contributed by atoms with Gasteiger partial charge in [-0.1, -0.05) is 36.4 Å². The Bertz CT molecular complexity index is 904. The molecule has 4 heteroatoms. The molecule has 0 atom stereocenters. The summed E-state index contributed by atoms with van der Waals surface area (Å²) in [7, 11) is 0. The van der Waals surface area contributed by atoms with Gasteiger partial charge < -0.3 is 10.6 Å². The van der Waals surface area contributed by atoms with Crippen LogP contribution in [0.15, 0.2) is 54.6 Å². The number of fused-ring (bicyclic) bond motifs is 2. The number of amides is 1. The fourth-order valence-electron chi connectivity index (χ4n) is 3.16. The number of rotatable bonds is 2. The van der Waals surface area contributed by atoms with Gasteiger partial charge >= 0.3 is 0 Å². The van der Waals surface area contributed by atoms with Crippen molar-refractivity contribution in [1.29, 1.82) is 0 Å². The van der Waals surface area contributed by atoms with Gasteiger partial charge in [0.15, 0.2) is 0 Å². The van der Waals surface area contributed by atoms with Crippen LogP contribution >= 0.6 is 0 Å². The minimum atomic E-state index is 0.0799. The Morgan fingerprint density at radius 3 is 2.87 bits per heavy atom. The fraction of sp³-hybridized carbons (Fsp3) is 0.158. The molecule has 0 saturated heterocycles. The van der Waals surface area contributed by atoms with E-state index in [1.807, 2.05) is 53.4 Å². The molecular weight excluding hydrogens is 286 g/mol. The number of carbonyl (C=O) groups is 1. The highest BCUT2D eigenvalue weighted by Gasteiger charge is 2.24. The minimum absolute atomic E-state index is 0.0799. The third-order valence-corrected chi connectivity index (χ3v) is 4.33. The van der Waals surface area contributed by atoms with Gasteiger partial charge in [0.25, 0.3) is 0 Å². The van der Waals surface area contributed by atoms with Crippen molar-refractivity contribution < 1.29 is 4.79 Å². The van der Waals surface area contributed by atoms with Gasteiger partial charge in [0.1, 0.15) is 0 Å². The molecule has 2 heterocycles. The Kier molecular flexibility index (Phi) is 3.23. The molecule has 0 fully saturated rings. The first-order valence-electron chi connectivity index (χ1n) is 7.75. The van der Waals surface area contributed by atoms with Crippen molar-refractivity contribution in [2.75, 3.05) is 17.2 Å². The first-order chi connectivity index (χ1) is 11.2. The van der Waals surface area contributed by atoms with Crippen LogP contribution in [-0.4, -0.2) is 17.4 Å². The van der Waals surface area contributed by atoms with Crippen molar-refractivity contribution in [3.63, 3.8) is 0 Å². The van der Waals surface area contributed by atoms with Gasteiger partial charge in [0.2, 0.25) is 5.91 Å². The van der Waals surface area contributed by atoms with Gasteiger partial charge in [-0.05, 0) is 30.2 Å². The SMILES string of the molecule is Nc1cccc2ccc(CC(=O)N3CCc4ccccc43)nc12. The summed E-state index contributed by atoms with van der Waals surface area (Å²) in [4.78, 5) is 19.1. The van der Waals surface area contributed by atoms with Crippen LogP contribution in [0, 0.1) is 0 Å². The van der Waals surface area contributed by atoms with E-state index < -0.39 is 0 Å². The summed E-state index contributed by atoms with van der Waals surface area (Å²) in [6.45, 7) is 0.744. The van der Waals surface area contributed by atoms with Gasteiger partial charge in [-0.25, -0.2) is 0 Å². The zero-order valence-corrected chi connectivity index (χ0v) is 12.7. The Hall–Kier alpha value is -2.88. The summed E-state index contributed by atoms with van der Waals surface area (Å²) in [5.74, 6) is 0.0799. The van der Waals surface area contributed by atoms with E-state index in [-0.39, 0.29) is 5.91 Å². The van der Waals surface area contributed by atoms with E-state index in [2.05, 4.69) is 11.1 Å². The maximum atomic E-state index is 12.7. The largest absolute Gasteiger partial charge is 0.397 e. The average Bonchev–Trinajstić information content (AvgIpc) is 3.00. The highest BCUT2D eigenvalue weighted by molar-refractivity contribution is 5.97. The van der Waals surface area contributed by atoms with Crippen molar-refractivity contribution in [3.05, 3.63) is 65.9 Å².